The van der Waals surface area contributed by atoms with Gasteiger partial charge in [0.15, 0.2) is 0 Å². The molecule has 5 heteroatoms. The van der Waals surface area contributed by atoms with Gasteiger partial charge < -0.3 is 19.5 Å². The van der Waals surface area contributed by atoms with E-state index in [9.17, 15) is 4.79 Å². The lowest BCUT2D eigenvalue weighted by molar-refractivity contribution is -0.150. The highest BCUT2D eigenvalue weighted by Gasteiger charge is 2.21. The van der Waals surface area contributed by atoms with Gasteiger partial charge in [0.1, 0.15) is 6.61 Å². The van der Waals surface area contributed by atoms with Crippen molar-refractivity contribution in [3.05, 3.63) is 0 Å². The van der Waals surface area contributed by atoms with Gasteiger partial charge >= 0.3 is 5.97 Å². The molecule has 0 bridgehead atoms. The third-order valence-electron chi connectivity index (χ3n) is 2.85. The molecule has 0 aromatic carbocycles. The Morgan fingerprint density at radius 3 is 2.88 bits per heavy atom. The monoisotopic (exact) mass is 229 g/mol. The number of morpholine rings is 1. The van der Waals surface area contributed by atoms with Gasteiger partial charge in [-0.05, 0) is 12.8 Å². The second kappa shape index (κ2) is 6.18. The van der Waals surface area contributed by atoms with Crippen LogP contribution in [0.2, 0.25) is 0 Å². The predicted molar refractivity (Wildman–Crippen MR) is 57.2 cm³/mol. The van der Waals surface area contributed by atoms with Gasteiger partial charge in [-0.15, -0.1) is 0 Å². The Balaban J connectivity index is 1.59. The molecule has 0 saturated carbocycles. The summed E-state index contributed by atoms with van der Waals surface area (Å²) >= 11 is 0. The van der Waals surface area contributed by atoms with Gasteiger partial charge in [-0.1, -0.05) is 0 Å². The van der Waals surface area contributed by atoms with Crippen LogP contribution in [0.5, 0.6) is 0 Å². The van der Waals surface area contributed by atoms with E-state index < -0.39 is 0 Å². The highest BCUT2D eigenvalue weighted by molar-refractivity contribution is 5.70. The van der Waals surface area contributed by atoms with Crippen LogP contribution in [0.4, 0.5) is 0 Å². The molecule has 2 unspecified atom stereocenters. The van der Waals surface area contributed by atoms with Crippen molar-refractivity contribution in [3.63, 3.8) is 0 Å². The third-order valence-corrected chi connectivity index (χ3v) is 2.85. The van der Waals surface area contributed by atoms with Crippen molar-refractivity contribution in [1.29, 1.82) is 0 Å². The molecule has 5 nitrogen and oxygen atoms in total. The summed E-state index contributed by atoms with van der Waals surface area (Å²) in [5, 5.41) is 3.18. The Kier molecular flexibility index (Phi) is 4.56. The summed E-state index contributed by atoms with van der Waals surface area (Å²) in [6, 6.07) is 0. The molecule has 0 amide bonds. The number of nitrogens with one attached hydrogen (secondary N) is 1. The zero-order valence-electron chi connectivity index (χ0n) is 9.44. The molecule has 2 aliphatic rings. The van der Waals surface area contributed by atoms with Gasteiger partial charge in [0.2, 0.25) is 0 Å². The molecule has 2 heterocycles. The number of hydrogen-bond donors (Lipinski definition) is 1. The van der Waals surface area contributed by atoms with Crippen molar-refractivity contribution in [2.24, 2.45) is 0 Å². The molecule has 0 aliphatic carbocycles. The molecule has 2 atom stereocenters. The van der Waals surface area contributed by atoms with Crippen LogP contribution in [-0.2, 0) is 19.0 Å². The molecule has 2 aliphatic heterocycles. The molecule has 2 rings (SSSR count). The normalized spacial score (nSPS) is 30.2. The fourth-order valence-corrected chi connectivity index (χ4v) is 1.96. The average Bonchev–Trinajstić information content (AvgIpc) is 2.81. The van der Waals surface area contributed by atoms with Crippen LogP contribution < -0.4 is 5.32 Å². The summed E-state index contributed by atoms with van der Waals surface area (Å²) in [5.41, 5.74) is 0. The van der Waals surface area contributed by atoms with E-state index in [-0.39, 0.29) is 18.2 Å². The van der Waals surface area contributed by atoms with E-state index in [2.05, 4.69) is 5.32 Å². The summed E-state index contributed by atoms with van der Waals surface area (Å²) in [5.74, 6) is -0.191. The zero-order chi connectivity index (χ0) is 11.2. The molecule has 0 aromatic heterocycles. The van der Waals surface area contributed by atoms with E-state index in [1.54, 1.807) is 0 Å². The largest absolute Gasteiger partial charge is 0.463 e. The molecule has 0 radical (unpaired) electrons. The van der Waals surface area contributed by atoms with Crippen molar-refractivity contribution in [3.8, 4) is 0 Å². The fourth-order valence-electron chi connectivity index (χ4n) is 1.96. The summed E-state index contributed by atoms with van der Waals surface area (Å²) in [4.78, 5) is 11.5. The van der Waals surface area contributed by atoms with Gasteiger partial charge in [-0.2, -0.15) is 0 Å². The average molecular weight is 229 g/mol. The lowest BCUT2D eigenvalue weighted by Gasteiger charge is -2.22. The summed E-state index contributed by atoms with van der Waals surface area (Å²) in [7, 11) is 0. The second-order valence-electron chi connectivity index (χ2n) is 4.22. The van der Waals surface area contributed by atoms with Crippen LogP contribution in [0.1, 0.15) is 19.3 Å². The van der Waals surface area contributed by atoms with Gasteiger partial charge in [0.25, 0.3) is 0 Å². The van der Waals surface area contributed by atoms with Gasteiger partial charge in [-0.25, -0.2) is 0 Å². The zero-order valence-corrected chi connectivity index (χ0v) is 9.44. The first-order valence-corrected chi connectivity index (χ1v) is 5.94. The van der Waals surface area contributed by atoms with Gasteiger partial charge in [0.05, 0.1) is 25.2 Å². The van der Waals surface area contributed by atoms with E-state index in [4.69, 9.17) is 14.2 Å². The third kappa shape index (κ3) is 3.73. The SMILES string of the molecule is O=C(CC1CNCCO1)OCC1CCCO1. The number of rotatable bonds is 4. The number of carbonyl (C=O) groups is 1. The van der Waals surface area contributed by atoms with Crippen molar-refractivity contribution >= 4 is 5.97 Å². The highest BCUT2D eigenvalue weighted by Crippen LogP contribution is 2.12. The molecule has 2 saturated heterocycles. The number of hydrogen-bond acceptors (Lipinski definition) is 5. The van der Waals surface area contributed by atoms with E-state index in [0.717, 1.165) is 32.5 Å². The molecule has 1 N–H and O–H groups in total. The minimum Gasteiger partial charge on any atom is -0.463 e. The number of ether oxygens (including phenoxy) is 3. The Labute approximate surface area is 95.4 Å². The van der Waals surface area contributed by atoms with Crippen molar-refractivity contribution < 1.29 is 19.0 Å². The molecule has 92 valence electrons. The van der Waals surface area contributed by atoms with Crippen molar-refractivity contribution in [2.75, 3.05) is 32.9 Å². The molecule has 0 spiro atoms. The Bertz CT molecular complexity index is 222. The molecule has 2 fully saturated rings. The summed E-state index contributed by atoms with van der Waals surface area (Å²) in [6.45, 7) is 3.44. The Morgan fingerprint density at radius 1 is 1.31 bits per heavy atom. The van der Waals surface area contributed by atoms with Crippen LogP contribution in [0.15, 0.2) is 0 Å². The first-order chi connectivity index (χ1) is 7.84. The summed E-state index contributed by atoms with van der Waals surface area (Å²) in [6.07, 6.45) is 2.46. The number of carbonyl (C=O) groups excluding carboxylic acids is 1. The van der Waals surface area contributed by atoms with Crippen LogP contribution >= 0.6 is 0 Å². The quantitative estimate of drug-likeness (QED) is 0.692. The lowest BCUT2D eigenvalue weighted by atomic mass is 10.2. The van der Waals surface area contributed by atoms with Gasteiger partial charge in [-0.3, -0.25) is 4.79 Å². The maximum absolute atomic E-state index is 11.5. The van der Waals surface area contributed by atoms with Crippen LogP contribution in [0, 0.1) is 0 Å². The smallest absolute Gasteiger partial charge is 0.308 e. The summed E-state index contributed by atoms with van der Waals surface area (Å²) < 4.78 is 16.0. The molecular formula is C11H19NO4. The van der Waals surface area contributed by atoms with Crippen LogP contribution in [0.3, 0.4) is 0 Å². The Hall–Kier alpha value is -0.650. The minimum atomic E-state index is -0.191. The van der Waals surface area contributed by atoms with Crippen LogP contribution in [-0.4, -0.2) is 51.1 Å². The maximum Gasteiger partial charge on any atom is 0.308 e. The molecule has 16 heavy (non-hydrogen) atoms. The first kappa shape index (κ1) is 11.8. The molecule has 0 aromatic rings. The minimum absolute atomic E-state index is 0.0363. The topological polar surface area (TPSA) is 56.8 Å². The van der Waals surface area contributed by atoms with Crippen molar-refractivity contribution in [1.82, 2.24) is 5.32 Å². The van der Waals surface area contributed by atoms with E-state index in [1.165, 1.54) is 0 Å². The predicted octanol–water partition coefficient (Wildman–Crippen LogP) is 0.0871. The maximum atomic E-state index is 11.5. The highest BCUT2D eigenvalue weighted by atomic mass is 16.6. The first-order valence-electron chi connectivity index (χ1n) is 5.94. The van der Waals surface area contributed by atoms with E-state index >= 15 is 0 Å². The second-order valence-corrected chi connectivity index (χ2v) is 4.22. The standard InChI is InChI=1S/C11H19NO4/c13-11(6-10-7-12-3-5-15-10)16-8-9-2-1-4-14-9/h9-10,12H,1-8H2. The van der Waals surface area contributed by atoms with Crippen LogP contribution in [0.25, 0.3) is 0 Å². The Morgan fingerprint density at radius 2 is 2.19 bits per heavy atom. The van der Waals surface area contributed by atoms with E-state index in [1.807, 2.05) is 0 Å². The number of esters is 1. The lowest BCUT2D eigenvalue weighted by Crippen LogP contribution is -2.40. The fraction of sp³-hybridized carbons (Fsp3) is 0.909. The van der Waals surface area contributed by atoms with E-state index in [0.29, 0.717) is 19.6 Å². The van der Waals surface area contributed by atoms with Gasteiger partial charge in [0, 0.05) is 19.7 Å². The molecular weight excluding hydrogens is 210 g/mol. The van der Waals surface area contributed by atoms with Crippen molar-refractivity contribution in [2.45, 2.75) is 31.5 Å².